The molecule has 3 rings (SSSR count). The smallest absolute Gasteiger partial charge is 0.269 e. The standard InChI is InChI=1S/C15H20N2O4/c18-10-11-9-12(17(19)20)5-6-13(11)16-7-8-21-15-4-2-1-3-14(15)16/h5-6,9,14-15,18H,1-4,7-8,10H2. The number of hydrogen-bond donors (Lipinski definition) is 1. The molecule has 1 saturated heterocycles. The summed E-state index contributed by atoms with van der Waals surface area (Å²) in [5.74, 6) is 0. The molecule has 2 fully saturated rings. The van der Waals surface area contributed by atoms with Crippen LogP contribution < -0.4 is 4.90 Å². The average molecular weight is 292 g/mol. The monoisotopic (exact) mass is 292 g/mol. The van der Waals surface area contributed by atoms with Gasteiger partial charge >= 0.3 is 0 Å². The molecule has 2 aliphatic rings. The molecule has 2 unspecified atom stereocenters. The molecule has 114 valence electrons. The number of rotatable bonds is 3. The van der Waals surface area contributed by atoms with Gasteiger partial charge in [0.05, 0.1) is 30.3 Å². The maximum atomic E-state index is 10.9. The van der Waals surface area contributed by atoms with E-state index in [4.69, 9.17) is 4.74 Å². The van der Waals surface area contributed by atoms with Crippen molar-refractivity contribution >= 4 is 11.4 Å². The van der Waals surface area contributed by atoms with Gasteiger partial charge in [-0.3, -0.25) is 10.1 Å². The van der Waals surface area contributed by atoms with Gasteiger partial charge < -0.3 is 14.7 Å². The summed E-state index contributed by atoms with van der Waals surface area (Å²) in [6.07, 6.45) is 4.77. The Morgan fingerprint density at radius 1 is 1.38 bits per heavy atom. The van der Waals surface area contributed by atoms with Gasteiger partial charge in [0.15, 0.2) is 0 Å². The Labute approximate surface area is 123 Å². The number of benzene rings is 1. The number of ether oxygens (including phenoxy) is 1. The van der Waals surface area contributed by atoms with Gasteiger partial charge in [-0.2, -0.15) is 0 Å². The van der Waals surface area contributed by atoms with Crippen molar-refractivity contribution in [3.8, 4) is 0 Å². The third kappa shape index (κ3) is 2.73. The zero-order chi connectivity index (χ0) is 14.8. The van der Waals surface area contributed by atoms with Gasteiger partial charge in [-0.25, -0.2) is 0 Å². The number of nitro groups is 1. The number of nitro benzene ring substituents is 1. The second-order valence-electron chi connectivity index (χ2n) is 5.68. The highest BCUT2D eigenvalue weighted by atomic mass is 16.6. The highest BCUT2D eigenvalue weighted by molar-refractivity contribution is 5.59. The van der Waals surface area contributed by atoms with Gasteiger partial charge in [0.25, 0.3) is 5.69 Å². The van der Waals surface area contributed by atoms with Crippen LogP contribution in [0.1, 0.15) is 31.2 Å². The quantitative estimate of drug-likeness (QED) is 0.683. The van der Waals surface area contributed by atoms with Crippen molar-refractivity contribution in [1.82, 2.24) is 0 Å². The largest absolute Gasteiger partial charge is 0.392 e. The highest BCUT2D eigenvalue weighted by Gasteiger charge is 2.35. The molecule has 1 aliphatic carbocycles. The third-order valence-corrected chi connectivity index (χ3v) is 4.49. The van der Waals surface area contributed by atoms with E-state index in [1.165, 1.54) is 25.0 Å². The van der Waals surface area contributed by atoms with E-state index in [0.29, 0.717) is 18.2 Å². The SMILES string of the molecule is O=[N+]([O-])c1ccc(N2CCOC3CCCCC32)c(CO)c1. The first-order valence-electron chi connectivity index (χ1n) is 7.47. The molecule has 1 N–H and O–H groups in total. The summed E-state index contributed by atoms with van der Waals surface area (Å²) in [5.41, 5.74) is 1.55. The van der Waals surface area contributed by atoms with Gasteiger partial charge in [-0.1, -0.05) is 12.8 Å². The van der Waals surface area contributed by atoms with Crippen LogP contribution in [0.5, 0.6) is 0 Å². The maximum absolute atomic E-state index is 10.9. The number of anilines is 1. The van der Waals surface area contributed by atoms with E-state index in [0.717, 1.165) is 25.1 Å². The normalized spacial score (nSPS) is 25.5. The summed E-state index contributed by atoms with van der Waals surface area (Å²) in [5, 5.41) is 20.4. The predicted molar refractivity (Wildman–Crippen MR) is 78.4 cm³/mol. The first-order valence-corrected chi connectivity index (χ1v) is 7.47. The summed E-state index contributed by atoms with van der Waals surface area (Å²) in [6.45, 7) is 1.25. The number of nitrogens with zero attached hydrogens (tertiary/aromatic N) is 2. The van der Waals surface area contributed by atoms with E-state index < -0.39 is 4.92 Å². The fourth-order valence-corrected chi connectivity index (χ4v) is 3.49. The van der Waals surface area contributed by atoms with Gasteiger partial charge in [-0.15, -0.1) is 0 Å². The van der Waals surface area contributed by atoms with Gasteiger partial charge in [0.1, 0.15) is 0 Å². The molecule has 6 nitrogen and oxygen atoms in total. The van der Waals surface area contributed by atoms with Crippen molar-refractivity contribution in [3.05, 3.63) is 33.9 Å². The van der Waals surface area contributed by atoms with E-state index in [9.17, 15) is 15.2 Å². The summed E-state index contributed by atoms with van der Waals surface area (Å²) < 4.78 is 5.86. The minimum Gasteiger partial charge on any atom is -0.392 e. The van der Waals surface area contributed by atoms with Gasteiger partial charge in [-0.05, 0) is 18.9 Å². The molecule has 0 amide bonds. The number of aliphatic hydroxyl groups excluding tert-OH is 1. The van der Waals surface area contributed by atoms with Crippen LogP contribution in [0.2, 0.25) is 0 Å². The van der Waals surface area contributed by atoms with Crippen LogP contribution in [0.15, 0.2) is 18.2 Å². The first kappa shape index (κ1) is 14.3. The molecule has 0 radical (unpaired) electrons. The molecule has 1 saturated carbocycles. The van der Waals surface area contributed by atoms with Crippen LogP contribution in [-0.4, -0.2) is 35.3 Å². The van der Waals surface area contributed by atoms with Crippen molar-refractivity contribution in [2.24, 2.45) is 0 Å². The number of aliphatic hydroxyl groups is 1. The Morgan fingerprint density at radius 2 is 2.19 bits per heavy atom. The van der Waals surface area contributed by atoms with Crippen LogP contribution in [0.25, 0.3) is 0 Å². The molecule has 1 aliphatic heterocycles. The Balaban J connectivity index is 1.92. The minimum absolute atomic E-state index is 0.0243. The van der Waals surface area contributed by atoms with Crippen LogP contribution in [0.4, 0.5) is 11.4 Å². The lowest BCUT2D eigenvalue weighted by Gasteiger charge is -2.45. The van der Waals surface area contributed by atoms with Crippen LogP contribution >= 0.6 is 0 Å². The summed E-state index contributed by atoms with van der Waals surface area (Å²) in [4.78, 5) is 12.7. The highest BCUT2D eigenvalue weighted by Crippen LogP contribution is 2.34. The van der Waals surface area contributed by atoms with Gasteiger partial charge in [0.2, 0.25) is 0 Å². The van der Waals surface area contributed by atoms with Crippen molar-refractivity contribution in [2.75, 3.05) is 18.1 Å². The molecule has 2 atom stereocenters. The van der Waals surface area contributed by atoms with E-state index >= 15 is 0 Å². The van der Waals surface area contributed by atoms with Crippen molar-refractivity contribution < 1.29 is 14.8 Å². The Morgan fingerprint density at radius 3 is 2.95 bits per heavy atom. The molecule has 0 aromatic heterocycles. The lowest BCUT2D eigenvalue weighted by atomic mass is 9.89. The number of morpholine rings is 1. The Kier molecular flexibility index (Phi) is 4.07. The second kappa shape index (κ2) is 5.99. The lowest BCUT2D eigenvalue weighted by Crippen LogP contribution is -2.53. The Bertz CT molecular complexity index is 532. The predicted octanol–water partition coefficient (Wildman–Crippen LogP) is 2.23. The van der Waals surface area contributed by atoms with E-state index in [-0.39, 0.29) is 18.4 Å². The molecular formula is C15H20N2O4. The fraction of sp³-hybridized carbons (Fsp3) is 0.600. The van der Waals surface area contributed by atoms with Crippen LogP contribution in [0.3, 0.4) is 0 Å². The molecular weight excluding hydrogens is 272 g/mol. The zero-order valence-electron chi connectivity index (χ0n) is 11.9. The molecule has 1 aromatic rings. The molecule has 1 heterocycles. The van der Waals surface area contributed by atoms with Crippen molar-refractivity contribution in [1.29, 1.82) is 0 Å². The summed E-state index contributed by atoms with van der Waals surface area (Å²) in [6, 6.07) is 5.07. The second-order valence-corrected chi connectivity index (χ2v) is 5.68. The number of hydrogen-bond acceptors (Lipinski definition) is 5. The molecule has 6 heteroatoms. The van der Waals surface area contributed by atoms with Crippen LogP contribution in [0, 0.1) is 10.1 Å². The van der Waals surface area contributed by atoms with Crippen LogP contribution in [-0.2, 0) is 11.3 Å². The maximum Gasteiger partial charge on any atom is 0.269 e. The Hall–Kier alpha value is -1.66. The van der Waals surface area contributed by atoms with E-state index in [2.05, 4.69) is 4.90 Å². The first-order chi connectivity index (χ1) is 10.2. The van der Waals surface area contributed by atoms with Crippen molar-refractivity contribution in [2.45, 2.75) is 44.4 Å². The van der Waals surface area contributed by atoms with E-state index in [1.807, 2.05) is 0 Å². The third-order valence-electron chi connectivity index (χ3n) is 4.49. The van der Waals surface area contributed by atoms with Crippen molar-refractivity contribution in [3.63, 3.8) is 0 Å². The van der Waals surface area contributed by atoms with E-state index in [1.54, 1.807) is 6.07 Å². The molecule has 0 bridgehead atoms. The molecule has 1 aromatic carbocycles. The fourth-order valence-electron chi connectivity index (χ4n) is 3.49. The number of non-ortho nitro benzene ring substituents is 1. The summed E-state index contributed by atoms with van der Waals surface area (Å²) in [7, 11) is 0. The minimum atomic E-state index is -0.425. The molecule has 21 heavy (non-hydrogen) atoms. The summed E-state index contributed by atoms with van der Waals surface area (Å²) >= 11 is 0. The topological polar surface area (TPSA) is 75.8 Å². The molecule has 0 spiro atoms. The average Bonchev–Trinajstić information content (AvgIpc) is 2.53. The lowest BCUT2D eigenvalue weighted by molar-refractivity contribution is -0.384. The van der Waals surface area contributed by atoms with Gasteiger partial charge in [0, 0.05) is 29.9 Å². The number of fused-ring (bicyclic) bond motifs is 1. The zero-order valence-corrected chi connectivity index (χ0v) is 11.9.